The number of carbonyl (C=O) groups is 1. The van der Waals surface area contributed by atoms with Gasteiger partial charge in [-0.15, -0.1) is 0 Å². The maximum Gasteiger partial charge on any atom is 0.251 e. The number of methoxy groups -OCH3 is 1. The zero-order valence-corrected chi connectivity index (χ0v) is 22.0. The standard InChI is InChI=1S/C28H34N2O4S/c1-19(2)25-17-26(20(3)16-27(25)34-5)21(4)29-28(31)23-12-14-24(15-13-23)30(35(6,32)33)18-22-10-8-7-9-11-22/h7-17,19,21H,18H2,1-6H3,(H,29,31)/t21-/m0/s1. The highest BCUT2D eigenvalue weighted by Gasteiger charge is 2.20. The Kier molecular flexibility index (Phi) is 8.22. The first-order valence-electron chi connectivity index (χ1n) is 11.6. The van der Waals surface area contributed by atoms with Gasteiger partial charge in [0.1, 0.15) is 5.75 Å². The van der Waals surface area contributed by atoms with E-state index in [1.54, 1.807) is 31.4 Å². The summed E-state index contributed by atoms with van der Waals surface area (Å²) in [5, 5.41) is 3.06. The molecular weight excluding hydrogens is 460 g/mol. The van der Waals surface area contributed by atoms with Gasteiger partial charge in [0.25, 0.3) is 5.91 Å². The molecule has 0 heterocycles. The van der Waals surface area contributed by atoms with E-state index in [0.717, 1.165) is 28.0 Å². The van der Waals surface area contributed by atoms with Gasteiger partial charge in [0, 0.05) is 5.56 Å². The molecule has 1 N–H and O–H groups in total. The fourth-order valence-corrected chi connectivity index (χ4v) is 4.98. The molecular formula is C28H34N2O4S. The summed E-state index contributed by atoms with van der Waals surface area (Å²) < 4.78 is 31.8. The Balaban J connectivity index is 1.79. The minimum absolute atomic E-state index is 0.212. The number of carbonyl (C=O) groups excluding carboxylic acids is 1. The molecule has 1 amide bonds. The minimum Gasteiger partial charge on any atom is -0.496 e. The number of ether oxygens (including phenoxy) is 1. The lowest BCUT2D eigenvalue weighted by molar-refractivity contribution is 0.0940. The summed E-state index contributed by atoms with van der Waals surface area (Å²) in [6, 6.07) is 19.9. The summed E-state index contributed by atoms with van der Waals surface area (Å²) >= 11 is 0. The lowest BCUT2D eigenvalue weighted by Gasteiger charge is -2.23. The summed E-state index contributed by atoms with van der Waals surface area (Å²) in [7, 11) is -1.84. The first-order chi connectivity index (χ1) is 16.5. The zero-order chi connectivity index (χ0) is 25.8. The highest BCUT2D eigenvalue weighted by Crippen LogP contribution is 2.32. The quantitative estimate of drug-likeness (QED) is 0.421. The van der Waals surface area contributed by atoms with Crippen LogP contribution in [0.3, 0.4) is 0 Å². The predicted molar refractivity (Wildman–Crippen MR) is 142 cm³/mol. The third-order valence-corrected chi connectivity index (χ3v) is 7.18. The van der Waals surface area contributed by atoms with Gasteiger partial charge in [0.05, 0.1) is 31.6 Å². The van der Waals surface area contributed by atoms with Gasteiger partial charge < -0.3 is 10.1 Å². The Morgan fingerprint density at radius 3 is 2.14 bits per heavy atom. The van der Waals surface area contributed by atoms with E-state index >= 15 is 0 Å². The number of nitrogens with one attached hydrogen (secondary N) is 1. The second kappa shape index (κ2) is 11.0. The molecule has 7 heteroatoms. The largest absolute Gasteiger partial charge is 0.496 e. The number of rotatable bonds is 9. The zero-order valence-electron chi connectivity index (χ0n) is 21.2. The van der Waals surface area contributed by atoms with E-state index in [2.05, 4.69) is 25.2 Å². The predicted octanol–water partition coefficient (Wildman–Crippen LogP) is 5.58. The van der Waals surface area contributed by atoms with Gasteiger partial charge in [-0.05, 0) is 78.4 Å². The van der Waals surface area contributed by atoms with Crippen LogP contribution in [0.5, 0.6) is 5.75 Å². The number of amides is 1. The molecule has 0 aliphatic carbocycles. The molecule has 0 unspecified atom stereocenters. The molecule has 0 radical (unpaired) electrons. The van der Waals surface area contributed by atoms with Crippen LogP contribution in [0, 0.1) is 6.92 Å². The van der Waals surface area contributed by atoms with Crippen LogP contribution in [0.4, 0.5) is 5.69 Å². The molecule has 0 spiro atoms. The molecule has 0 saturated heterocycles. The first kappa shape index (κ1) is 26.3. The van der Waals surface area contributed by atoms with Crippen molar-refractivity contribution in [2.24, 2.45) is 0 Å². The smallest absolute Gasteiger partial charge is 0.251 e. The molecule has 3 aromatic rings. The summed E-state index contributed by atoms with van der Waals surface area (Å²) in [5.41, 5.74) is 5.02. The summed E-state index contributed by atoms with van der Waals surface area (Å²) in [6.07, 6.45) is 1.18. The Hall–Kier alpha value is -3.32. The minimum atomic E-state index is -3.50. The summed E-state index contributed by atoms with van der Waals surface area (Å²) in [6.45, 7) is 8.40. The van der Waals surface area contributed by atoms with E-state index < -0.39 is 10.0 Å². The van der Waals surface area contributed by atoms with Crippen molar-refractivity contribution < 1.29 is 17.9 Å². The molecule has 186 valence electrons. The van der Waals surface area contributed by atoms with E-state index in [9.17, 15) is 13.2 Å². The molecule has 0 fully saturated rings. The van der Waals surface area contributed by atoms with Crippen LogP contribution < -0.4 is 14.4 Å². The van der Waals surface area contributed by atoms with Crippen LogP contribution in [0.25, 0.3) is 0 Å². The second-order valence-corrected chi connectivity index (χ2v) is 11.0. The van der Waals surface area contributed by atoms with Crippen LogP contribution in [-0.2, 0) is 16.6 Å². The maximum atomic E-state index is 13.0. The average Bonchev–Trinajstić information content (AvgIpc) is 2.82. The van der Waals surface area contributed by atoms with Gasteiger partial charge in [0.15, 0.2) is 0 Å². The van der Waals surface area contributed by atoms with Crippen molar-refractivity contribution >= 4 is 21.6 Å². The first-order valence-corrected chi connectivity index (χ1v) is 13.5. The number of benzene rings is 3. The molecule has 6 nitrogen and oxygen atoms in total. The number of anilines is 1. The SMILES string of the molecule is COc1cc(C)c([C@H](C)NC(=O)c2ccc(N(Cc3ccccc3)S(C)(=O)=O)cc2)cc1C(C)C. The van der Waals surface area contributed by atoms with Gasteiger partial charge in [0.2, 0.25) is 10.0 Å². The van der Waals surface area contributed by atoms with E-state index in [1.807, 2.05) is 50.2 Å². The van der Waals surface area contributed by atoms with Crippen molar-refractivity contribution in [3.63, 3.8) is 0 Å². The van der Waals surface area contributed by atoms with Crippen LogP contribution in [0.15, 0.2) is 66.7 Å². The molecule has 0 aliphatic rings. The van der Waals surface area contributed by atoms with Gasteiger partial charge in [-0.1, -0.05) is 44.2 Å². The van der Waals surface area contributed by atoms with E-state index in [4.69, 9.17) is 4.74 Å². The lowest BCUT2D eigenvalue weighted by atomic mass is 9.93. The average molecular weight is 495 g/mol. The van der Waals surface area contributed by atoms with E-state index in [1.165, 1.54) is 10.6 Å². The normalized spacial score (nSPS) is 12.3. The topological polar surface area (TPSA) is 75.7 Å². The number of nitrogens with zero attached hydrogens (tertiary/aromatic N) is 1. The van der Waals surface area contributed by atoms with Crippen molar-refractivity contribution in [3.05, 3.63) is 94.5 Å². The molecule has 35 heavy (non-hydrogen) atoms. The third-order valence-electron chi connectivity index (χ3n) is 6.04. The van der Waals surface area contributed by atoms with Crippen molar-refractivity contribution in [2.45, 2.75) is 46.2 Å². The molecule has 3 aromatic carbocycles. The molecule has 1 atom stereocenters. The fourth-order valence-electron chi connectivity index (χ4n) is 4.10. The van der Waals surface area contributed by atoms with Crippen molar-refractivity contribution in [1.82, 2.24) is 5.32 Å². The molecule has 0 bridgehead atoms. The van der Waals surface area contributed by atoms with Crippen molar-refractivity contribution in [2.75, 3.05) is 17.7 Å². The van der Waals surface area contributed by atoms with Gasteiger partial charge >= 0.3 is 0 Å². The van der Waals surface area contributed by atoms with Crippen LogP contribution >= 0.6 is 0 Å². The molecule has 3 rings (SSSR count). The fraction of sp³-hybridized carbons (Fsp3) is 0.321. The molecule has 0 aromatic heterocycles. The lowest BCUT2D eigenvalue weighted by Crippen LogP contribution is -2.30. The molecule has 0 saturated carbocycles. The van der Waals surface area contributed by atoms with Gasteiger partial charge in [-0.2, -0.15) is 0 Å². The Morgan fingerprint density at radius 1 is 0.971 bits per heavy atom. The summed E-state index contributed by atoms with van der Waals surface area (Å²) in [5.74, 6) is 0.911. The van der Waals surface area contributed by atoms with Gasteiger partial charge in [-0.25, -0.2) is 8.42 Å². The van der Waals surface area contributed by atoms with E-state index in [-0.39, 0.29) is 24.4 Å². The third kappa shape index (κ3) is 6.42. The highest BCUT2D eigenvalue weighted by atomic mass is 32.2. The Labute approximate surface area is 209 Å². The molecule has 0 aliphatic heterocycles. The Morgan fingerprint density at radius 2 is 1.60 bits per heavy atom. The number of hydrogen-bond acceptors (Lipinski definition) is 4. The van der Waals surface area contributed by atoms with Crippen LogP contribution in [-0.4, -0.2) is 27.7 Å². The monoisotopic (exact) mass is 494 g/mol. The Bertz CT molecular complexity index is 1270. The van der Waals surface area contributed by atoms with Crippen molar-refractivity contribution in [3.8, 4) is 5.75 Å². The number of sulfonamides is 1. The van der Waals surface area contributed by atoms with Gasteiger partial charge in [-0.3, -0.25) is 9.10 Å². The maximum absolute atomic E-state index is 13.0. The second-order valence-electron chi connectivity index (χ2n) is 9.10. The van der Waals surface area contributed by atoms with Crippen LogP contribution in [0.2, 0.25) is 0 Å². The van der Waals surface area contributed by atoms with E-state index in [0.29, 0.717) is 11.3 Å². The summed E-state index contributed by atoms with van der Waals surface area (Å²) in [4.78, 5) is 13.0. The number of aryl methyl sites for hydroxylation is 1. The highest BCUT2D eigenvalue weighted by molar-refractivity contribution is 7.92. The number of hydrogen-bond donors (Lipinski definition) is 1. The van der Waals surface area contributed by atoms with Crippen molar-refractivity contribution in [1.29, 1.82) is 0 Å². The van der Waals surface area contributed by atoms with Crippen LogP contribution in [0.1, 0.15) is 65.3 Å².